The zero-order valence-electron chi connectivity index (χ0n) is 12.2. The van der Waals surface area contributed by atoms with Gasteiger partial charge in [0.1, 0.15) is 5.56 Å². The fourth-order valence-electron chi connectivity index (χ4n) is 2.89. The van der Waals surface area contributed by atoms with Crippen LogP contribution in [0.1, 0.15) is 34.7 Å². The van der Waals surface area contributed by atoms with Gasteiger partial charge in [-0.2, -0.15) is 0 Å². The summed E-state index contributed by atoms with van der Waals surface area (Å²) in [5.41, 5.74) is 0.911. The number of rotatable bonds is 4. The quantitative estimate of drug-likeness (QED) is 0.682. The number of nitro benzene ring substituents is 1. The summed E-state index contributed by atoms with van der Waals surface area (Å²) in [4.78, 5) is 22.9. The SMILES string of the molecule is O=C(N[C@@H]1CC[C@@H]1c1ccccc1Cl)c1ccccc1[N+](=O)[O-]. The van der Waals surface area contributed by atoms with Gasteiger partial charge in [-0.1, -0.05) is 41.9 Å². The lowest BCUT2D eigenvalue weighted by molar-refractivity contribution is -0.385. The van der Waals surface area contributed by atoms with Crippen LogP contribution in [-0.2, 0) is 0 Å². The molecule has 5 nitrogen and oxygen atoms in total. The van der Waals surface area contributed by atoms with Crippen LogP contribution in [0.25, 0.3) is 0 Å². The fraction of sp³-hybridized carbons (Fsp3) is 0.235. The van der Waals surface area contributed by atoms with Crippen molar-refractivity contribution in [1.29, 1.82) is 0 Å². The molecule has 1 aliphatic rings. The Bertz CT molecular complexity index is 763. The molecule has 1 amide bonds. The molecule has 118 valence electrons. The van der Waals surface area contributed by atoms with Gasteiger partial charge in [-0.3, -0.25) is 14.9 Å². The molecule has 2 aromatic carbocycles. The van der Waals surface area contributed by atoms with Gasteiger partial charge in [0.05, 0.1) is 4.92 Å². The molecule has 0 radical (unpaired) electrons. The molecule has 0 saturated heterocycles. The van der Waals surface area contributed by atoms with Gasteiger partial charge >= 0.3 is 0 Å². The largest absolute Gasteiger partial charge is 0.348 e. The minimum atomic E-state index is -0.540. The number of nitrogens with one attached hydrogen (secondary N) is 1. The number of hydrogen-bond donors (Lipinski definition) is 1. The Labute approximate surface area is 138 Å². The zero-order chi connectivity index (χ0) is 16.4. The molecule has 1 aliphatic carbocycles. The summed E-state index contributed by atoms with van der Waals surface area (Å²) < 4.78 is 0. The van der Waals surface area contributed by atoms with Gasteiger partial charge in [-0.05, 0) is 30.5 Å². The summed E-state index contributed by atoms with van der Waals surface area (Å²) in [6, 6.07) is 13.5. The third kappa shape index (κ3) is 3.05. The molecule has 0 bridgehead atoms. The molecule has 0 aromatic heterocycles. The van der Waals surface area contributed by atoms with Crippen LogP contribution in [0.4, 0.5) is 5.69 Å². The first-order valence-corrected chi connectivity index (χ1v) is 7.74. The molecule has 0 unspecified atom stereocenters. The third-order valence-electron chi connectivity index (χ3n) is 4.24. The minimum Gasteiger partial charge on any atom is -0.348 e. The Balaban J connectivity index is 1.77. The molecule has 2 aromatic rings. The van der Waals surface area contributed by atoms with Gasteiger partial charge in [-0.25, -0.2) is 0 Å². The van der Waals surface area contributed by atoms with Crippen LogP contribution in [0.3, 0.4) is 0 Å². The van der Waals surface area contributed by atoms with E-state index in [4.69, 9.17) is 11.6 Å². The first kappa shape index (κ1) is 15.5. The molecule has 3 rings (SSSR count). The van der Waals surface area contributed by atoms with Crippen LogP contribution in [-0.4, -0.2) is 16.9 Å². The van der Waals surface area contributed by atoms with E-state index in [9.17, 15) is 14.9 Å². The Morgan fingerprint density at radius 2 is 1.83 bits per heavy atom. The smallest absolute Gasteiger partial charge is 0.282 e. The number of carbonyl (C=O) groups is 1. The van der Waals surface area contributed by atoms with E-state index in [1.54, 1.807) is 12.1 Å². The minimum absolute atomic E-state index is 0.0535. The van der Waals surface area contributed by atoms with Gasteiger partial charge in [0, 0.05) is 23.0 Å². The Morgan fingerprint density at radius 1 is 1.13 bits per heavy atom. The molecular formula is C17H15ClN2O3. The van der Waals surface area contributed by atoms with E-state index in [0.29, 0.717) is 5.02 Å². The number of para-hydroxylation sites is 1. The monoisotopic (exact) mass is 330 g/mol. The fourth-order valence-corrected chi connectivity index (χ4v) is 3.17. The maximum Gasteiger partial charge on any atom is 0.282 e. The first-order valence-electron chi connectivity index (χ1n) is 7.36. The molecular weight excluding hydrogens is 316 g/mol. The Kier molecular flexibility index (Phi) is 4.30. The number of carbonyl (C=O) groups excluding carboxylic acids is 1. The van der Waals surface area contributed by atoms with E-state index in [1.165, 1.54) is 12.1 Å². The van der Waals surface area contributed by atoms with Crippen molar-refractivity contribution in [3.8, 4) is 0 Å². The highest BCUT2D eigenvalue weighted by atomic mass is 35.5. The van der Waals surface area contributed by atoms with Crippen molar-refractivity contribution in [2.24, 2.45) is 0 Å². The molecule has 1 saturated carbocycles. The van der Waals surface area contributed by atoms with Crippen LogP contribution in [0.2, 0.25) is 5.02 Å². The average Bonchev–Trinajstić information content (AvgIpc) is 2.53. The number of benzene rings is 2. The van der Waals surface area contributed by atoms with Crippen molar-refractivity contribution in [3.63, 3.8) is 0 Å². The number of hydrogen-bond acceptors (Lipinski definition) is 3. The van der Waals surface area contributed by atoms with Gasteiger partial charge < -0.3 is 5.32 Å². The summed E-state index contributed by atoms with van der Waals surface area (Å²) in [5, 5.41) is 14.6. The van der Waals surface area contributed by atoms with E-state index in [2.05, 4.69) is 5.32 Å². The second kappa shape index (κ2) is 6.38. The van der Waals surface area contributed by atoms with Gasteiger partial charge in [-0.15, -0.1) is 0 Å². The lowest BCUT2D eigenvalue weighted by Crippen LogP contribution is -2.45. The number of halogens is 1. The maximum absolute atomic E-state index is 12.4. The van der Waals surface area contributed by atoms with Crippen molar-refractivity contribution < 1.29 is 9.72 Å². The van der Waals surface area contributed by atoms with E-state index >= 15 is 0 Å². The van der Waals surface area contributed by atoms with Crippen LogP contribution >= 0.6 is 11.6 Å². The summed E-state index contributed by atoms with van der Waals surface area (Å²) in [6.45, 7) is 0. The van der Waals surface area contributed by atoms with Crippen LogP contribution in [0.5, 0.6) is 0 Å². The average molecular weight is 331 g/mol. The highest BCUT2D eigenvalue weighted by Crippen LogP contribution is 2.40. The maximum atomic E-state index is 12.4. The van der Waals surface area contributed by atoms with Gasteiger partial charge in [0.15, 0.2) is 0 Å². The van der Waals surface area contributed by atoms with E-state index in [0.717, 1.165) is 18.4 Å². The predicted octanol–water partition coefficient (Wildman–Crippen LogP) is 3.92. The van der Waals surface area contributed by atoms with Crippen LogP contribution in [0, 0.1) is 10.1 Å². The summed E-state index contributed by atoms with van der Waals surface area (Å²) >= 11 is 6.22. The lowest BCUT2D eigenvalue weighted by atomic mass is 9.75. The molecule has 0 spiro atoms. The van der Waals surface area contributed by atoms with Crippen LogP contribution in [0.15, 0.2) is 48.5 Å². The van der Waals surface area contributed by atoms with Crippen molar-refractivity contribution in [3.05, 3.63) is 74.8 Å². The molecule has 1 N–H and O–H groups in total. The molecule has 0 heterocycles. The van der Waals surface area contributed by atoms with Crippen molar-refractivity contribution in [1.82, 2.24) is 5.32 Å². The molecule has 1 fully saturated rings. The molecule has 6 heteroatoms. The van der Waals surface area contributed by atoms with E-state index in [-0.39, 0.29) is 23.2 Å². The third-order valence-corrected chi connectivity index (χ3v) is 4.59. The van der Waals surface area contributed by atoms with Gasteiger partial charge in [0.25, 0.3) is 11.6 Å². The molecule has 0 aliphatic heterocycles. The highest BCUT2D eigenvalue weighted by molar-refractivity contribution is 6.31. The second-order valence-electron chi connectivity index (χ2n) is 5.56. The summed E-state index contributed by atoms with van der Waals surface area (Å²) in [5.74, 6) is -0.269. The van der Waals surface area contributed by atoms with Crippen molar-refractivity contribution in [2.45, 2.75) is 24.8 Å². The predicted molar refractivity (Wildman–Crippen MR) is 87.8 cm³/mol. The second-order valence-corrected chi connectivity index (χ2v) is 5.97. The number of amides is 1. The number of nitrogens with zero attached hydrogens (tertiary/aromatic N) is 1. The first-order chi connectivity index (χ1) is 11.1. The summed E-state index contributed by atoms with van der Waals surface area (Å²) in [7, 11) is 0. The van der Waals surface area contributed by atoms with E-state index in [1.807, 2.05) is 24.3 Å². The Hall–Kier alpha value is -2.40. The molecule has 2 atom stereocenters. The van der Waals surface area contributed by atoms with E-state index < -0.39 is 10.8 Å². The topological polar surface area (TPSA) is 72.2 Å². The lowest BCUT2D eigenvalue weighted by Gasteiger charge is -2.38. The summed E-state index contributed by atoms with van der Waals surface area (Å²) in [6.07, 6.45) is 1.77. The highest BCUT2D eigenvalue weighted by Gasteiger charge is 2.35. The number of nitro groups is 1. The zero-order valence-corrected chi connectivity index (χ0v) is 13.0. The Morgan fingerprint density at radius 3 is 2.48 bits per heavy atom. The van der Waals surface area contributed by atoms with Crippen molar-refractivity contribution in [2.75, 3.05) is 0 Å². The molecule has 23 heavy (non-hydrogen) atoms. The normalized spacial score (nSPS) is 19.7. The van der Waals surface area contributed by atoms with Crippen LogP contribution < -0.4 is 5.32 Å². The standard InChI is InChI=1S/C17H15ClN2O3/c18-14-7-3-1-5-11(14)12-9-10-15(12)19-17(21)13-6-2-4-8-16(13)20(22)23/h1-8,12,15H,9-10H2,(H,19,21)/t12-,15-/m1/s1. The van der Waals surface area contributed by atoms with Crippen molar-refractivity contribution >= 4 is 23.2 Å². The van der Waals surface area contributed by atoms with Gasteiger partial charge in [0.2, 0.25) is 0 Å².